The fraction of sp³-hybridized carbons (Fsp3) is 0.300. The highest BCUT2D eigenvalue weighted by Crippen LogP contribution is 2.38. The van der Waals surface area contributed by atoms with E-state index < -0.39 is 0 Å². The molecule has 6 nitrogen and oxygen atoms in total. The van der Waals surface area contributed by atoms with Gasteiger partial charge in [0.2, 0.25) is 0 Å². The molecule has 0 aliphatic heterocycles. The number of carbonyl (C=O) groups excluding carboxylic acids is 1. The number of amides is 1. The van der Waals surface area contributed by atoms with Gasteiger partial charge in [-0.25, -0.2) is 9.67 Å². The first-order chi connectivity index (χ1) is 13.5. The summed E-state index contributed by atoms with van der Waals surface area (Å²) < 4.78 is 1.42. The molecule has 0 saturated heterocycles. The van der Waals surface area contributed by atoms with Crippen LogP contribution in [0.4, 0.5) is 0 Å². The molecule has 1 N–H and O–H groups in total. The Kier molecular flexibility index (Phi) is 5.28. The molecule has 1 amide bonds. The Labute approximate surface area is 171 Å². The summed E-state index contributed by atoms with van der Waals surface area (Å²) in [4.78, 5) is 29.6. The minimum Gasteiger partial charge on any atom is -0.349 e. The molecule has 1 fully saturated rings. The molecule has 0 radical (unpaired) electrons. The lowest BCUT2D eigenvalue weighted by molar-refractivity contribution is 0.0955. The fourth-order valence-corrected chi connectivity index (χ4v) is 4.24. The van der Waals surface area contributed by atoms with Crippen molar-refractivity contribution in [3.63, 3.8) is 0 Å². The molecule has 1 aliphatic rings. The Hall–Kier alpha value is -2.51. The maximum atomic E-state index is 12.6. The van der Waals surface area contributed by atoms with E-state index in [9.17, 15) is 9.59 Å². The molecule has 0 unspecified atom stereocenters. The van der Waals surface area contributed by atoms with Crippen molar-refractivity contribution in [2.24, 2.45) is 0 Å². The van der Waals surface area contributed by atoms with Crippen molar-refractivity contribution in [1.29, 1.82) is 0 Å². The molecule has 0 bridgehead atoms. The van der Waals surface area contributed by atoms with Crippen LogP contribution in [0.2, 0.25) is 5.02 Å². The maximum Gasteiger partial charge on any atom is 0.266 e. The van der Waals surface area contributed by atoms with Crippen molar-refractivity contribution in [3.05, 3.63) is 68.0 Å². The van der Waals surface area contributed by atoms with E-state index >= 15 is 0 Å². The summed E-state index contributed by atoms with van der Waals surface area (Å²) in [7, 11) is 0. The van der Waals surface area contributed by atoms with Gasteiger partial charge in [-0.15, -0.1) is 11.3 Å². The van der Waals surface area contributed by atoms with Crippen LogP contribution in [-0.2, 0) is 6.54 Å². The van der Waals surface area contributed by atoms with Gasteiger partial charge in [-0.3, -0.25) is 9.59 Å². The van der Waals surface area contributed by atoms with Gasteiger partial charge in [0.25, 0.3) is 11.5 Å². The van der Waals surface area contributed by atoms with Gasteiger partial charge in [-0.05, 0) is 31.9 Å². The van der Waals surface area contributed by atoms with Crippen molar-refractivity contribution in [3.8, 4) is 10.6 Å². The maximum absolute atomic E-state index is 12.6. The van der Waals surface area contributed by atoms with E-state index in [-0.39, 0.29) is 11.5 Å². The quantitative estimate of drug-likeness (QED) is 0.668. The van der Waals surface area contributed by atoms with Gasteiger partial charge in [0.15, 0.2) is 0 Å². The van der Waals surface area contributed by atoms with E-state index in [2.05, 4.69) is 15.4 Å². The minimum atomic E-state index is -0.209. The first-order valence-corrected chi connectivity index (χ1v) is 10.3. The van der Waals surface area contributed by atoms with E-state index in [1.807, 2.05) is 18.2 Å². The number of thiazole rings is 1. The lowest BCUT2D eigenvalue weighted by Crippen LogP contribution is -2.32. The highest BCUT2D eigenvalue weighted by atomic mass is 35.5. The Morgan fingerprint density at radius 2 is 2.07 bits per heavy atom. The first kappa shape index (κ1) is 18.8. The molecule has 1 aliphatic carbocycles. The summed E-state index contributed by atoms with van der Waals surface area (Å²) in [5, 5.41) is 8.57. The lowest BCUT2D eigenvalue weighted by atomic mass is 10.2. The van der Waals surface area contributed by atoms with Gasteiger partial charge >= 0.3 is 0 Å². The van der Waals surface area contributed by atoms with Gasteiger partial charge in [0.1, 0.15) is 9.88 Å². The number of benzene rings is 1. The summed E-state index contributed by atoms with van der Waals surface area (Å²) >= 11 is 7.54. The number of halogens is 1. The number of hydrogen-bond acceptors (Lipinski definition) is 5. The highest BCUT2D eigenvalue weighted by molar-refractivity contribution is 7.17. The lowest BCUT2D eigenvalue weighted by Gasteiger charge is -2.07. The van der Waals surface area contributed by atoms with Crippen LogP contribution in [0, 0.1) is 6.92 Å². The van der Waals surface area contributed by atoms with E-state index in [1.54, 1.807) is 25.1 Å². The largest absolute Gasteiger partial charge is 0.349 e. The number of nitrogens with zero attached hydrogens (tertiary/aromatic N) is 3. The van der Waals surface area contributed by atoms with Gasteiger partial charge in [-0.2, -0.15) is 5.10 Å². The molecule has 0 atom stereocenters. The van der Waals surface area contributed by atoms with E-state index in [1.165, 1.54) is 16.0 Å². The first-order valence-electron chi connectivity index (χ1n) is 9.11. The second-order valence-electron chi connectivity index (χ2n) is 6.76. The number of hydrogen-bond donors (Lipinski definition) is 1. The zero-order chi connectivity index (χ0) is 19.7. The third kappa shape index (κ3) is 4.00. The van der Waals surface area contributed by atoms with Crippen molar-refractivity contribution < 1.29 is 4.79 Å². The Balaban J connectivity index is 1.43. The number of aromatic nitrogens is 3. The predicted molar refractivity (Wildman–Crippen MR) is 110 cm³/mol. The summed E-state index contributed by atoms with van der Waals surface area (Å²) in [6, 6.07) is 10.8. The van der Waals surface area contributed by atoms with Gasteiger partial charge in [-0.1, -0.05) is 29.8 Å². The smallest absolute Gasteiger partial charge is 0.266 e. The molecule has 1 aromatic carbocycles. The van der Waals surface area contributed by atoms with Crippen molar-refractivity contribution in [1.82, 2.24) is 20.1 Å². The summed E-state index contributed by atoms with van der Waals surface area (Å²) in [6.45, 7) is 2.45. The Morgan fingerprint density at radius 3 is 2.82 bits per heavy atom. The normalized spacial score (nSPS) is 13.5. The number of nitrogens with one attached hydrogen (secondary N) is 1. The molecule has 0 spiro atoms. The molecular formula is C20H19ClN4O2S. The monoisotopic (exact) mass is 414 g/mol. The molecule has 144 valence electrons. The Morgan fingerprint density at radius 1 is 1.29 bits per heavy atom. The highest BCUT2D eigenvalue weighted by Gasteiger charge is 2.25. The molecule has 3 aromatic rings. The number of aryl methyl sites for hydroxylation is 1. The number of rotatable bonds is 6. The van der Waals surface area contributed by atoms with Crippen LogP contribution in [0.1, 0.15) is 39.8 Å². The molecule has 2 aromatic heterocycles. The molecule has 1 saturated carbocycles. The summed E-state index contributed by atoms with van der Waals surface area (Å²) in [5.41, 5.74) is 2.26. The van der Waals surface area contributed by atoms with E-state index in [0.717, 1.165) is 24.1 Å². The van der Waals surface area contributed by atoms with Crippen LogP contribution >= 0.6 is 22.9 Å². The molecule has 8 heteroatoms. The van der Waals surface area contributed by atoms with Crippen LogP contribution < -0.4 is 10.9 Å². The Bertz CT molecular complexity index is 1090. The topological polar surface area (TPSA) is 76.9 Å². The van der Waals surface area contributed by atoms with Gasteiger partial charge in [0, 0.05) is 24.1 Å². The van der Waals surface area contributed by atoms with Gasteiger partial charge in [0.05, 0.1) is 23.0 Å². The molecule has 28 heavy (non-hydrogen) atoms. The van der Waals surface area contributed by atoms with Crippen LogP contribution in [-0.4, -0.2) is 27.2 Å². The standard InChI is InChI=1S/C20H19ClN4O2S/c1-12-18(28-20(23-12)14-4-2-3-5-15(14)21)19(27)22-10-11-25-17(26)9-8-16(24-25)13-6-7-13/h2-5,8-9,13H,6-7,10-11H2,1H3,(H,22,27). The molecule has 4 rings (SSSR count). The number of carbonyl (C=O) groups is 1. The van der Waals surface area contributed by atoms with Crippen LogP contribution in [0.25, 0.3) is 10.6 Å². The SMILES string of the molecule is Cc1nc(-c2ccccc2Cl)sc1C(=O)NCCn1nc(C2CC2)ccc1=O. The average molecular weight is 415 g/mol. The summed E-state index contributed by atoms with van der Waals surface area (Å²) in [5.74, 6) is 0.268. The van der Waals surface area contributed by atoms with Crippen LogP contribution in [0.3, 0.4) is 0 Å². The second-order valence-corrected chi connectivity index (χ2v) is 8.17. The van der Waals surface area contributed by atoms with Crippen LogP contribution in [0.15, 0.2) is 41.2 Å². The van der Waals surface area contributed by atoms with Gasteiger partial charge < -0.3 is 5.32 Å². The van der Waals surface area contributed by atoms with Crippen LogP contribution in [0.5, 0.6) is 0 Å². The third-order valence-corrected chi connectivity index (χ3v) is 6.12. The van der Waals surface area contributed by atoms with Crippen molar-refractivity contribution in [2.45, 2.75) is 32.2 Å². The predicted octanol–water partition coefficient (Wildman–Crippen LogP) is 3.64. The third-order valence-electron chi connectivity index (χ3n) is 4.60. The zero-order valence-corrected chi connectivity index (χ0v) is 16.9. The summed E-state index contributed by atoms with van der Waals surface area (Å²) in [6.07, 6.45) is 2.25. The fourth-order valence-electron chi connectivity index (χ4n) is 2.93. The molecule has 2 heterocycles. The average Bonchev–Trinajstić information content (AvgIpc) is 3.45. The zero-order valence-electron chi connectivity index (χ0n) is 15.3. The second kappa shape index (κ2) is 7.85. The van der Waals surface area contributed by atoms with E-state index in [0.29, 0.717) is 39.6 Å². The minimum absolute atomic E-state index is 0.159. The molecular weight excluding hydrogens is 396 g/mol. The van der Waals surface area contributed by atoms with E-state index in [4.69, 9.17) is 11.6 Å². The van der Waals surface area contributed by atoms with Crippen molar-refractivity contribution in [2.75, 3.05) is 6.54 Å². The van der Waals surface area contributed by atoms with Crippen molar-refractivity contribution >= 4 is 28.8 Å².